The number of amides is 1. The highest BCUT2D eigenvalue weighted by Crippen LogP contribution is 2.36. The van der Waals surface area contributed by atoms with E-state index in [1.165, 1.54) is 11.3 Å². The van der Waals surface area contributed by atoms with E-state index < -0.39 is 0 Å². The maximum atomic E-state index is 11.3. The van der Waals surface area contributed by atoms with Crippen LogP contribution >= 0.6 is 0 Å². The summed E-state index contributed by atoms with van der Waals surface area (Å²) in [6, 6.07) is 1.05. The summed E-state index contributed by atoms with van der Waals surface area (Å²) in [7, 11) is 0. The number of hydrogen-bond acceptors (Lipinski definition) is 2. The quantitative estimate of drug-likeness (QED) is 0.579. The number of rotatable bonds is 0. The minimum Gasteiger partial charge on any atom is -0.362 e. The first-order valence-electron chi connectivity index (χ1n) is 5.26. The third kappa shape index (κ3) is 1.15. The minimum absolute atomic E-state index is 0.191. The molecule has 0 aromatic heterocycles. The van der Waals surface area contributed by atoms with E-state index in [2.05, 4.69) is 25.7 Å². The molecule has 78 valence electrons. The van der Waals surface area contributed by atoms with Gasteiger partial charge in [0.05, 0.1) is 6.54 Å². The lowest BCUT2D eigenvalue weighted by atomic mass is 9.91. The zero-order valence-electron chi connectivity index (χ0n) is 9.37. The van der Waals surface area contributed by atoms with Crippen LogP contribution in [0.25, 0.3) is 0 Å². The predicted octanol–water partition coefficient (Wildman–Crippen LogP) is 1.22. The van der Waals surface area contributed by atoms with Crippen LogP contribution in [0.5, 0.6) is 0 Å². The van der Waals surface area contributed by atoms with Crippen molar-refractivity contribution in [3.63, 3.8) is 0 Å². The van der Waals surface area contributed by atoms with Crippen LogP contribution in [0.2, 0.25) is 0 Å². The zero-order chi connectivity index (χ0) is 10.5. The fourth-order valence-electron chi connectivity index (χ4n) is 2.57. The smallest absolute Gasteiger partial charge is 0.219 e. The van der Waals surface area contributed by atoms with Crippen molar-refractivity contribution in [3.05, 3.63) is 11.3 Å². The summed E-state index contributed by atoms with van der Waals surface area (Å²) in [5.41, 5.74) is 2.81. The molecule has 0 saturated carbocycles. The van der Waals surface area contributed by atoms with Crippen LogP contribution in [0.15, 0.2) is 11.3 Å². The molecule has 2 aliphatic rings. The molecular weight excluding hydrogens is 176 g/mol. The van der Waals surface area contributed by atoms with E-state index in [9.17, 15) is 4.79 Å². The largest absolute Gasteiger partial charge is 0.362 e. The summed E-state index contributed by atoms with van der Waals surface area (Å²) in [5, 5.41) is 0. The van der Waals surface area contributed by atoms with Crippen LogP contribution in [0.4, 0.5) is 0 Å². The second-order valence-corrected chi connectivity index (χ2v) is 4.46. The van der Waals surface area contributed by atoms with Gasteiger partial charge in [-0.15, -0.1) is 0 Å². The Morgan fingerprint density at radius 1 is 1.43 bits per heavy atom. The van der Waals surface area contributed by atoms with E-state index in [1.54, 1.807) is 6.92 Å². The monoisotopic (exact) mass is 194 g/mol. The molecule has 3 nitrogen and oxygen atoms in total. The van der Waals surface area contributed by atoms with Crippen LogP contribution < -0.4 is 0 Å². The molecule has 0 spiro atoms. The first-order valence-corrected chi connectivity index (χ1v) is 5.26. The first kappa shape index (κ1) is 9.56. The number of carbonyl (C=O) groups excluding carboxylic acids is 1. The fraction of sp³-hybridized carbons (Fsp3) is 0.727. The molecular formula is C11H18N2O. The van der Waals surface area contributed by atoms with Gasteiger partial charge < -0.3 is 9.80 Å². The van der Waals surface area contributed by atoms with Gasteiger partial charge in [0.25, 0.3) is 0 Å². The number of piperazine rings is 1. The van der Waals surface area contributed by atoms with Gasteiger partial charge in [-0.25, -0.2) is 0 Å². The van der Waals surface area contributed by atoms with Crippen LogP contribution in [-0.2, 0) is 4.79 Å². The summed E-state index contributed by atoms with van der Waals surface area (Å²) in [6.07, 6.45) is 0. The van der Waals surface area contributed by atoms with Crippen molar-refractivity contribution in [1.29, 1.82) is 0 Å². The molecule has 2 aliphatic heterocycles. The Labute approximate surface area is 85.4 Å². The molecule has 0 aromatic rings. The Hall–Kier alpha value is -0.990. The highest BCUT2D eigenvalue weighted by Gasteiger charge is 2.39. The van der Waals surface area contributed by atoms with E-state index in [4.69, 9.17) is 0 Å². The summed E-state index contributed by atoms with van der Waals surface area (Å²) in [6.45, 7) is 9.94. The molecule has 0 N–H and O–H groups in total. The van der Waals surface area contributed by atoms with Gasteiger partial charge in [0.15, 0.2) is 0 Å². The van der Waals surface area contributed by atoms with Crippen molar-refractivity contribution >= 4 is 5.91 Å². The normalized spacial score (nSPS) is 31.4. The topological polar surface area (TPSA) is 23.6 Å². The summed E-state index contributed by atoms with van der Waals surface area (Å²) < 4.78 is 0. The van der Waals surface area contributed by atoms with Crippen molar-refractivity contribution in [2.24, 2.45) is 0 Å². The molecule has 1 unspecified atom stereocenters. The SMILES string of the molecule is CC(=O)N1CC2=C(C)C(C)N2[C@H](C)C1. The molecule has 1 fully saturated rings. The van der Waals surface area contributed by atoms with Gasteiger partial charge in [0, 0.05) is 31.2 Å². The summed E-state index contributed by atoms with van der Waals surface area (Å²) >= 11 is 0. The van der Waals surface area contributed by atoms with Gasteiger partial charge in [-0.3, -0.25) is 4.79 Å². The van der Waals surface area contributed by atoms with Gasteiger partial charge in [-0.2, -0.15) is 0 Å². The number of nitrogens with zero attached hydrogens (tertiary/aromatic N) is 2. The Kier molecular flexibility index (Phi) is 2.05. The Bertz CT molecular complexity index is 308. The molecule has 0 aliphatic carbocycles. The van der Waals surface area contributed by atoms with Gasteiger partial charge >= 0.3 is 0 Å². The van der Waals surface area contributed by atoms with Crippen LogP contribution in [0.1, 0.15) is 27.7 Å². The van der Waals surface area contributed by atoms with Gasteiger partial charge in [0.1, 0.15) is 0 Å². The summed E-state index contributed by atoms with van der Waals surface area (Å²) in [5.74, 6) is 0.191. The third-order valence-corrected chi connectivity index (χ3v) is 3.56. The predicted molar refractivity (Wildman–Crippen MR) is 55.7 cm³/mol. The fourth-order valence-corrected chi connectivity index (χ4v) is 2.57. The second-order valence-electron chi connectivity index (χ2n) is 4.46. The van der Waals surface area contributed by atoms with Crippen LogP contribution in [-0.4, -0.2) is 40.9 Å². The Morgan fingerprint density at radius 3 is 2.64 bits per heavy atom. The Morgan fingerprint density at radius 2 is 2.07 bits per heavy atom. The lowest BCUT2D eigenvalue weighted by molar-refractivity contribution is -0.131. The molecule has 3 heteroatoms. The van der Waals surface area contributed by atoms with Crippen LogP contribution in [0.3, 0.4) is 0 Å². The van der Waals surface area contributed by atoms with Crippen molar-refractivity contribution < 1.29 is 4.79 Å². The standard InChI is InChI=1S/C11H18N2O/c1-7-5-12(10(4)14)6-11-8(2)9(3)13(7)11/h7,9H,5-6H2,1-4H3/t7-,9?/m1/s1. The van der Waals surface area contributed by atoms with Gasteiger partial charge in [-0.1, -0.05) is 0 Å². The van der Waals surface area contributed by atoms with Crippen LogP contribution in [0, 0.1) is 0 Å². The van der Waals surface area contributed by atoms with E-state index >= 15 is 0 Å². The van der Waals surface area contributed by atoms with Crippen molar-refractivity contribution in [2.45, 2.75) is 39.8 Å². The van der Waals surface area contributed by atoms with Gasteiger partial charge in [-0.05, 0) is 26.3 Å². The molecule has 14 heavy (non-hydrogen) atoms. The van der Waals surface area contributed by atoms with Crippen molar-refractivity contribution in [3.8, 4) is 0 Å². The first-order chi connectivity index (χ1) is 6.52. The van der Waals surface area contributed by atoms with E-state index in [1.807, 2.05) is 4.90 Å². The lowest BCUT2D eigenvalue weighted by Crippen LogP contribution is -2.60. The third-order valence-electron chi connectivity index (χ3n) is 3.56. The van der Waals surface area contributed by atoms with Crippen molar-refractivity contribution in [2.75, 3.05) is 13.1 Å². The molecule has 2 atom stereocenters. The minimum atomic E-state index is 0.191. The summed E-state index contributed by atoms with van der Waals surface area (Å²) in [4.78, 5) is 15.7. The average molecular weight is 194 g/mol. The van der Waals surface area contributed by atoms with Gasteiger partial charge in [0.2, 0.25) is 5.91 Å². The molecule has 0 bridgehead atoms. The van der Waals surface area contributed by atoms with E-state index in [-0.39, 0.29) is 5.91 Å². The van der Waals surface area contributed by atoms with E-state index in [0.29, 0.717) is 12.1 Å². The molecule has 2 heterocycles. The highest BCUT2D eigenvalue weighted by atomic mass is 16.2. The number of hydrogen-bond donors (Lipinski definition) is 0. The number of carbonyl (C=O) groups is 1. The molecule has 1 saturated heterocycles. The maximum absolute atomic E-state index is 11.3. The highest BCUT2D eigenvalue weighted by molar-refractivity contribution is 5.74. The van der Waals surface area contributed by atoms with Crippen molar-refractivity contribution in [1.82, 2.24) is 9.80 Å². The maximum Gasteiger partial charge on any atom is 0.219 e. The Balaban J connectivity index is 2.21. The molecule has 0 radical (unpaired) electrons. The molecule has 0 aromatic carbocycles. The second kappa shape index (κ2) is 3.01. The molecule has 1 amide bonds. The lowest BCUT2D eigenvalue weighted by Gasteiger charge is -2.53. The zero-order valence-corrected chi connectivity index (χ0v) is 9.37. The number of fused-ring (bicyclic) bond motifs is 1. The van der Waals surface area contributed by atoms with E-state index in [0.717, 1.165) is 13.1 Å². The average Bonchev–Trinajstić information content (AvgIpc) is 2.15. The molecule has 2 rings (SSSR count).